The predicted octanol–water partition coefficient (Wildman–Crippen LogP) is 3.40. The Balaban J connectivity index is 1.65. The Morgan fingerprint density at radius 3 is 2.72 bits per heavy atom. The van der Waals surface area contributed by atoms with E-state index >= 15 is 0 Å². The third kappa shape index (κ3) is 4.97. The summed E-state index contributed by atoms with van der Waals surface area (Å²) in [5.74, 6) is 0.823. The number of amides is 1. The first kappa shape index (κ1) is 20.9. The molecule has 1 aromatic heterocycles. The number of esters is 1. The summed E-state index contributed by atoms with van der Waals surface area (Å²) in [4.78, 5) is 30.9. The standard InChI is InChI=1S/C20H22BrN3O5/c1-13-11-23(8-9-24(13)20(26)27)17-4-3-5-18(22-17)29-12-15-7-6-14(10-16(15)21)19(25)28-2/h3-7,10,13H,8-9,11-12H2,1-2H3,(H,26,27)/t13-/m0/s1. The number of methoxy groups -OCH3 is 1. The minimum absolute atomic E-state index is 0.114. The summed E-state index contributed by atoms with van der Waals surface area (Å²) in [6, 6.07) is 10.6. The number of carbonyl (C=O) groups excluding carboxylic acids is 1. The molecule has 1 N–H and O–H groups in total. The summed E-state index contributed by atoms with van der Waals surface area (Å²) in [5, 5.41) is 9.21. The third-order valence-corrected chi connectivity index (χ3v) is 5.49. The zero-order chi connectivity index (χ0) is 21.0. The van der Waals surface area contributed by atoms with Crippen molar-refractivity contribution in [3.63, 3.8) is 0 Å². The van der Waals surface area contributed by atoms with Crippen LogP contribution < -0.4 is 9.64 Å². The van der Waals surface area contributed by atoms with Gasteiger partial charge in [-0.1, -0.05) is 28.1 Å². The number of nitrogens with zero attached hydrogens (tertiary/aromatic N) is 3. The molecule has 0 unspecified atom stereocenters. The normalized spacial score (nSPS) is 16.4. The van der Waals surface area contributed by atoms with Crippen LogP contribution in [-0.2, 0) is 11.3 Å². The van der Waals surface area contributed by atoms with Gasteiger partial charge in [0.15, 0.2) is 0 Å². The van der Waals surface area contributed by atoms with E-state index in [1.54, 1.807) is 24.3 Å². The van der Waals surface area contributed by atoms with Crippen LogP contribution in [0.15, 0.2) is 40.9 Å². The summed E-state index contributed by atoms with van der Waals surface area (Å²) >= 11 is 3.45. The van der Waals surface area contributed by atoms with E-state index in [2.05, 4.69) is 25.8 Å². The van der Waals surface area contributed by atoms with Crippen molar-refractivity contribution in [3.8, 4) is 5.88 Å². The maximum atomic E-state index is 11.6. The van der Waals surface area contributed by atoms with Crippen LogP contribution in [0.2, 0.25) is 0 Å². The first-order chi connectivity index (χ1) is 13.9. The fourth-order valence-corrected chi connectivity index (χ4v) is 3.66. The molecule has 29 heavy (non-hydrogen) atoms. The molecule has 0 bridgehead atoms. The van der Waals surface area contributed by atoms with Crippen LogP contribution in [0, 0.1) is 0 Å². The van der Waals surface area contributed by atoms with Gasteiger partial charge in [-0.2, -0.15) is 4.98 Å². The average molecular weight is 464 g/mol. The Hall–Kier alpha value is -2.81. The first-order valence-corrected chi connectivity index (χ1v) is 9.89. The van der Waals surface area contributed by atoms with E-state index < -0.39 is 12.1 Å². The second kappa shape index (κ2) is 9.13. The highest BCUT2D eigenvalue weighted by Crippen LogP contribution is 2.23. The maximum absolute atomic E-state index is 11.6. The number of piperazine rings is 1. The van der Waals surface area contributed by atoms with Crippen LogP contribution in [0.3, 0.4) is 0 Å². The molecule has 9 heteroatoms. The van der Waals surface area contributed by atoms with E-state index in [9.17, 15) is 14.7 Å². The van der Waals surface area contributed by atoms with E-state index in [-0.39, 0.29) is 12.6 Å². The van der Waals surface area contributed by atoms with E-state index in [1.165, 1.54) is 12.0 Å². The van der Waals surface area contributed by atoms with Gasteiger partial charge in [-0.05, 0) is 25.1 Å². The highest BCUT2D eigenvalue weighted by molar-refractivity contribution is 9.10. The number of carboxylic acid groups (broad SMARTS) is 1. The van der Waals surface area contributed by atoms with E-state index in [4.69, 9.17) is 9.47 Å². The molecule has 154 valence electrons. The van der Waals surface area contributed by atoms with Gasteiger partial charge in [0.05, 0.1) is 12.7 Å². The fraction of sp³-hybridized carbons (Fsp3) is 0.350. The number of rotatable bonds is 5. The molecule has 2 aromatic rings. The van der Waals surface area contributed by atoms with Gasteiger partial charge in [0, 0.05) is 41.8 Å². The number of benzene rings is 1. The number of pyridine rings is 1. The van der Waals surface area contributed by atoms with Gasteiger partial charge >= 0.3 is 12.1 Å². The highest BCUT2D eigenvalue weighted by atomic mass is 79.9. The molecule has 1 atom stereocenters. The minimum atomic E-state index is -0.897. The molecule has 2 heterocycles. The van der Waals surface area contributed by atoms with E-state index in [0.29, 0.717) is 31.1 Å². The number of halogens is 1. The first-order valence-electron chi connectivity index (χ1n) is 9.10. The van der Waals surface area contributed by atoms with Gasteiger partial charge in [0.1, 0.15) is 12.4 Å². The molecular formula is C20H22BrN3O5. The van der Waals surface area contributed by atoms with E-state index in [1.807, 2.05) is 19.1 Å². The van der Waals surface area contributed by atoms with Crippen molar-refractivity contribution >= 4 is 33.8 Å². The summed E-state index contributed by atoms with van der Waals surface area (Å²) in [5.41, 5.74) is 1.33. The number of ether oxygens (including phenoxy) is 2. The lowest BCUT2D eigenvalue weighted by Gasteiger charge is -2.38. The van der Waals surface area contributed by atoms with Gasteiger partial charge in [-0.15, -0.1) is 0 Å². The second-order valence-corrected chi connectivity index (χ2v) is 7.55. The summed E-state index contributed by atoms with van der Waals surface area (Å²) in [6.07, 6.45) is -0.897. The molecule has 0 aliphatic carbocycles. The van der Waals surface area contributed by atoms with Crippen LogP contribution in [-0.4, -0.2) is 59.8 Å². The average Bonchev–Trinajstić information content (AvgIpc) is 2.72. The van der Waals surface area contributed by atoms with Crippen LogP contribution in [0.25, 0.3) is 0 Å². The zero-order valence-electron chi connectivity index (χ0n) is 16.2. The molecule has 0 saturated carbocycles. The summed E-state index contributed by atoms with van der Waals surface area (Å²) in [6.45, 7) is 3.75. The van der Waals surface area contributed by atoms with E-state index in [0.717, 1.165) is 15.9 Å². The molecule has 0 spiro atoms. The Morgan fingerprint density at radius 2 is 2.07 bits per heavy atom. The number of anilines is 1. The fourth-order valence-electron chi connectivity index (χ4n) is 3.17. The lowest BCUT2D eigenvalue weighted by molar-refractivity contribution is 0.0600. The molecule has 8 nitrogen and oxygen atoms in total. The minimum Gasteiger partial charge on any atom is -0.473 e. The molecule has 1 amide bonds. The number of aromatic nitrogens is 1. The molecule has 1 aromatic carbocycles. The van der Waals surface area contributed by atoms with Crippen molar-refractivity contribution in [3.05, 3.63) is 52.0 Å². The van der Waals surface area contributed by atoms with Crippen LogP contribution >= 0.6 is 15.9 Å². The van der Waals surface area contributed by atoms with Crippen molar-refractivity contribution < 1.29 is 24.2 Å². The Bertz CT molecular complexity index is 907. The molecular weight excluding hydrogens is 442 g/mol. The highest BCUT2D eigenvalue weighted by Gasteiger charge is 2.27. The SMILES string of the molecule is COC(=O)c1ccc(COc2cccc(N3CCN(C(=O)O)[C@@H](C)C3)n2)c(Br)c1. The summed E-state index contributed by atoms with van der Waals surface area (Å²) in [7, 11) is 1.34. The largest absolute Gasteiger partial charge is 0.473 e. The molecule has 1 saturated heterocycles. The number of carbonyl (C=O) groups is 2. The second-order valence-electron chi connectivity index (χ2n) is 6.69. The van der Waals surface area contributed by atoms with Gasteiger partial charge in [-0.3, -0.25) is 0 Å². The Labute approximate surface area is 177 Å². The van der Waals surface area contributed by atoms with Crippen molar-refractivity contribution in [1.82, 2.24) is 9.88 Å². The zero-order valence-corrected chi connectivity index (χ0v) is 17.8. The molecule has 1 aliphatic heterocycles. The quantitative estimate of drug-likeness (QED) is 0.679. The maximum Gasteiger partial charge on any atom is 0.407 e. The van der Waals surface area contributed by atoms with Crippen molar-refractivity contribution in [2.24, 2.45) is 0 Å². The molecule has 3 rings (SSSR count). The van der Waals surface area contributed by atoms with Gasteiger partial charge in [0.2, 0.25) is 5.88 Å². The molecule has 0 radical (unpaired) electrons. The van der Waals surface area contributed by atoms with Crippen LogP contribution in [0.5, 0.6) is 5.88 Å². The Morgan fingerprint density at radius 1 is 1.28 bits per heavy atom. The number of hydrogen-bond donors (Lipinski definition) is 1. The molecule has 1 fully saturated rings. The van der Waals surface area contributed by atoms with Gasteiger partial charge < -0.3 is 24.4 Å². The van der Waals surface area contributed by atoms with Gasteiger partial charge in [-0.25, -0.2) is 9.59 Å². The van der Waals surface area contributed by atoms with Crippen molar-refractivity contribution in [1.29, 1.82) is 0 Å². The van der Waals surface area contributed by atoms with Crippen molar-refractivity contribution in [2.75, 3.05) is 31.6 Å². The topological polar surface area (TPSA) is 92.2 Å². The Kier molecular flexibility index (Phi) is 6.58. The number of hydrogen-bond acceptors (Lipinski definition) is 6. The van der Waals surface area contributed by atoms with Crippen molar-refractivity contribution in [2.45, 2.75) is 19.6 Å². The smallest absolute Gasteiger partial charge is 0.407 e. The lowest BCUT2D eigenvalue weighted by Crippen LogP contribution is -2.53. The van der Waals surface area contributed by atoms with Gasteiger partial charge in [0.25, 0.3) is 0 Å². The summed E-state index contributed by atoms with van der Waals surface area (Å²) < 4.78 is 11.3. The van der Waals surface area contributed by atoms with Crippen LogP contribution in [0.4, 0.5) is 10.6 Å². The predicted molar refractivity (Wildman–Crippen MR) is 110 cm³/mol. The molecule has 1 aliphatic rings. The lowest BCUT2D eigenvalue weighted by atomic mass is 10.1. The van der Waals surface area contributed by atoms with Crippen LogP contribution in [0.1, 0.15) is 22.8 Å². The monoisotopic (exact) mass is 463 g/mol. The third-order valence-electron chi connectivity index (χ3n) is 4.76.